The van der Waals surface area contributed by atoms with Crippen molar-refractivity contribution in [2.45, 2.75) is 60.7 Å². The van der Waals surface area contributed by atoms with Crippen molar-refractivity contribution in [3.63, 3.8) is 0 Å². The molecule has 0 aliphatic carbocycles. The predicted molar refractivity (Wildman–Crippen MR) is 113 cm³/mol. The lowest BCUT2D eigenvalue weighted by molar-refractivity contribution is -0.441. The van der Waals surface area contributed by atoms with Crippen LogP contribution in [0.2, 0.25) is 0 Å². The van der Waals surface area contributed by atoms with Crippen LogP contribution < -0.4 is 0 Å². The maximum Gasteiger partial charge on any atom is 0.460 e. The van der Waals surface area contributed by atoms with E-state index < -0.39 is 59.3 Å². The molecule has 0 fully saturated rings. The van der Waals surface area contributed by atoms with Gasteiger partial charge in [-0.25, -0.2) is 0 Å². The zero-order valence-electron chi connectivity index (χ0n) is 18.2. The highest BCUT2D eigenvalue weighted by Crippen LogP contribution is 2.62. The van der Waals surface area contributed by atoms with E-state index in [0.29, 0.717) is 0 Å². The van der Waals surface area contributed by atoms with E-state index in [1.165, 1.54) is 36.4 Å². The first-order valence-electron chi connectivity index (χ1n) is 9.96. The van der Waals surface area contributed by atoms with Gasteiger partial charge in [-0.05, 0) is 45.9 Å². The van der Waals surface area contributed by atoms with E-state index in [0.717, 1.165) is 25.1 Å². The smallest absolute Gasteiger partial charge is 0.384 e. The summed E-state index contributed by atoms with van der Waals surface area (Å²) in [6.45, 7) is 1.01. The summed E-state index contributed by atoms with van der Waals surface area (Å²) >= 11 is 1.62. The van der Waals surface area contributed by atoms with Crippen molar-refractivity contribution in [2.75, 3.05) is 0 Å². The maximum atomic E-state index is 14.8. The molecular weight excluding hydrogens is 654 g/mol. The minimum absolute atomic E-state index is 0.0105. The largest absolute Gasteiger partial charge is 0.460 e. The molecule has 0 saturated heterocycles. The molecule has 0 heterocycles. The lowest BCUT2D eigenvalue weighted by Gasteiger charge is -2.43. The predicted octanol–water partition coefficient (Wildman–Crippen LogP) is 8.41. The zero-order chi connectivity index (χ0) is 28.9. The standard InChI is InChI=1S/C22H16F13IO/c1-12(13-6-3-2-4-7-13)16(37,14-8-5-9-15(36)10-14)11-17(23,24)18(25,26)19(27,28)20(29,30)21(31,32)22(33,34)35/h2-10,12,37H,11H2,1H3. The fourth-order valence-electron chi connectivity index (χ4n) is 3.53. The van der Waals surface area contributed by atoms with E-state index in [4.69, 9.17) is 0 Å². The van der Waals surface area contributed by atoms with Gasteiger partial charge < -0.3 is 5.11 Å². The van der Waals surface area contributed by atoms with Crippen molar-refractivity contribution in [1.82, 2.24) is 0 Å². The SMILES string of the molecule is CC(c1ccccc1)C(O)(CC(F)(F)C(F)(F)C(F)(F)C(F)(F)C(F)(F)C(F)(F)F)c1cccc(I)c1. The fourth-order valence-corrected chi connectivity index (χ4v) is 4.07. The average Bonchev–Trinajstić information content (AvgIpc) is 2.77. The Kier molecular flexibility index (Phi) is 8.29. The molecule has 1 N–H and O–H groups in total. The van der Waals surface area contributed by atoms with Crippen LogP contribution in [0.15, 0.2) is 54.6 Å². The van der Waals surface area contributed by atoms with E-state index in [9.17, 15) is 62.2 Å². The summed E-state index contributed by atoms with van der Waals surface area (Å²) in [7, 11) is 0. The van der Waals surface area contributed by atoms with Crippen LogP contribution in [-0.2, 0) is 5.60 Å². The summed E-state index contributed by atoms with van der Waals surface area (Å²) in [5.41, 5.74) is -3.81. The topological polar surface area (TPSA) is 20.2 Å². The van der Waals surface area contributed by atoms with Gasteiger partial charge in [0, 0.05) is 9.49 Å². The molecule has 0 amide bonds. The molecule has 1 nitrogen and oxygen atoms in total. The van der Waals surface area contributed by atoms with Gasteiger partial charge in [0.25, 0.3) is 0 Å². The van der Waals surface area contributed by atoms with Crippen LogP contribution in [0.25, 0.3) is 0 Å². The molecule has 2 atom stereocenters. The molecule has 0 aliphatic heterocycles. The Morgan fingerprint density at radius 3 is 1.62 bits per heavy atom. The fraction of sp³-hybridized carbons (Fsp3) is 0.455. The van der Waals surface area contributed by atoms with Crippen LogP contribution >= 0.6 is 22.6 Å². The average molecular weight is 670 g/mol. The van der Waals surface area contributed by atoms with Gasteiger partial charge in [-0.3, -0.25) is 0 Å². The summed E-state index contributed by atoms with van der Waals surface area (Å²) in [4.78, 5) is 0. The van der Waals surface area contributed by atoms with Crippen LogP contribution in [0.4, 0.5) is 57.1 Å². The van der Waals surface area contributed by atoms with E-state index in [2.05, 4.69) is 0 Å². The number of rotatable bonds is 9. The first-order chi connectivity index (χ1) is 16.5. The second kappa shape index (κ2) is 9.75. The Balaban J connectivity index is 2.68. The molecule has 2 aromatic carbocycles. The van der Waals surface area contributed by atoms with Crippen molar-refractivity contribution in [2.24, 2.45) is 0 Å². The molecule has 2 unspecified atom stereocenters. The second-order valence-electron chi connectivity index (χ2n) is 8.24. The minimum atomic E-state index is -8.00. The number of alkyl halides is 13. The van der Waals surface area contributed by atoms with Crippen LogP contribution in [0, 0.1) is 3.57 Å². The molecule has 2 rings (SSSR count). The lowest BCUT2D eigenvalue weighted by Crippen LogP contribution is -2.70. The number of hydrogen-bond donors (Lipinski definition) is 1. The number of aliphatic hydroxyl groups is 1. The first-order valence-corrected chi connectivity index (χ1v) is 11.0. The molecule has 0 bridgehead atoms. The third-order valence-electron chi connectivity index (χ3n) is 5.83. The van der Waals surface area contributed by atoms with Gasteiger partial charge in [-0.2, -0.15) is 57.1 Å². The third kappa shape index (κ3) is 5.13. The van der Waals surface area contributed by atoms with Gasteiger partial charge in [0.1, 0.15) is 5.60 Å². The van der Waals surface area contributed by atoms with Crippen LogP contribution in [0.5, 0.6) is 0 Å². The molecule has 208 valence electrons. The van der Waals surface area contributed by atoms with Gasteiger partial charge in [-0.15, -0.1) is 0 Å². The zero-order valence-corrected chi connectivity index (χ0v) is 20.4. The van der Waals surface area contributed by atoms with Crippen molar-refractivity contribution in [3.8, 4) is 0 Å². The molecule has 0 radical (unpaired) electrons. The summed E-state index contributed by atoms with van der Waals surface area (Å²) in [6, 6.07) is 11.0. The highest BCUT2D eigenvalue weighted by molar-refractivity contribution is 14.1. The van der Waals surface area contributed by atoms with Gasteiger partial charge in [0.05, 0.1) is 6.42 Å². The van der Waals surface area contributed by atoms with Crippen LogP contribution in [-0.4, -0.2) is 40.9 Å². The van der Waals surface area contributed by atoms with Crippen molar-refractivity contribution in [3.05, 3.63) is 69.3 Å². The first kappa shape index (κ1) is 31.4. The third-order valence-corrected chi connectivity index (χ3v) is 6.50. The van der Waals surface area contributed by atoms with E-state index >= 15 is 0 Å². The van der Waals surface area contributed by atoms with Crippen molar-refractivity contribution < 1.29 is 62.2 Å². The van der Waals surface area contributed by atoms with Crippen LogP contribution in [0.1, 0.15) is 30.4 Å². The van der Waals surface area contributed by atoms with Gasteiger partial charge >= 0.3 is 35.8 Å². The molecule has 0 aromatic heterocycles. The van der Waals surface area contributed by atoms with Gasteiger partial charge in [0.15, 0.2) is 0 Å². The Hall–Kier alpha value is -1.78. The maximum absolute atomic E-state index is 14.8. The second-order valence-corrected chi connectivity index (χ2v) is 9.49. The Morgan fingerprint density at radius 1 is 0.676 bits per heavy atom. The number of hydrogen-bond acceptors (Lipinski definition) is 1. The van der Waals surface area contributed by atoms with Crippen LogP contribution in [0.3, 0.4) is 0 Å². The summed E-state index contributed by atoms with van der Waals surface area (Å²) in [5, 5.41) is 11.2. The Labute approximate surface area is 214 Å². The molecule has 0 spiro atoms. The summed E-state index contributed by atoms with van der Waals surface area (Å²) in [5.74, 6) is -39.3. The van der Waals surface area contributed by atoms with Crippen molar-refractivity contribution in [1.29, 1.82) is 0 Å². The molecule has 15 heteroatoms. The number of benzene rings is 2. The van der Waals surface area contributed by atoms with E-state index in [1.54, 1.807) is 22.6 Å². The summed E-state index contributed by atoms with van der Waals surface area (Å²) < 4.78 is 177. The quantitative estimate of drug-likeness (QED) is 0.210. The minimum Gasteiger partial charge on any atom is -0.384 e. The highest BCUT2D eigenvalue weighted by Gasteiger charge is 2.90. The van der Waals surface area contributed by atoms with Gasteiger partial charge in [0.2, 0.25) is 0 Å². The molecule has 0 aliphatic rings. The highest BCUT2D eigenvalue weighted by atomic mass is 127. The Bertz CT molecular complexity index is 1090. The normalized spacial score (nSPS) is 16.9. The van der Waals surface area contributed by atoms with E-state index in [1.807, 2.05) is 0 Å². The molecule has 37 heavy (non-hydrogen) atoms. The number of halogens is 14. The monoisotopic (exact) mass is 670 g/mol. The summed E-state index contributed by atoms with van der Waals surface area (Å²) in [6.07, 6.45) is -10.2. The lowest BCUT2D eigenvalue weighted by atomic mass is 9.73. The molecule has 0 saturated carbocycles. The molecule has 2 aromatic rings. The van der Waals surface area contributed by atoms with Crippen molar-refractivity contribution >= 4 is 22.6 Å². The molecular formula is C22H16F13IO. The van der Waals surface area contributed by atoms with E-state index in [-0.39, 0.29) is 9.13 Å². The van der Waals surface area contributed by atoms with Gasteiger partial charge in [-0.1, -0.05) is 49.4 Å². The Morgan fingerprint density at radius 2 is 1.16 bits per heavy atom.